The molecule has 0 bridgehead atoms. The first-order valence-electron chi connectivity index (χ1n) is 7.84. The summed E-state index contributed by atoms with van der Waals surface area (Å²) in [5.41, 5.74) is 2.30. The second kappa shape index (κ2) is 7.12. The predicted octanol–water partition coefficient (Wildman–Crippen LogP) is 4.24. The van der Waals surface area contributed by atoms with Crippen molar-refractivity contribution in [2.75, 3.05) is 13.7 Å². The van der Waals surface area contributed by atoms with Crippen LogP contribution in [0.25, 0.3) is 5.65 Å². The number of rotatable bonds is 5. The number of pyridine rings is 1. The van der Waals surface area contributed by atoms with Crippen LogP contribution in [-0.2, 0) is 4.74 Å². The highest BCUT2D eigenvalue weighted by molar-refractivity contribution is 5.93. The van der Waals surface area contributed by atoms with Crippen LogP contribution in [0, 0.1) is 6.92 Å². The molecule has 2 aromatic heterocycles. The zero-order valence-corrected chi connectivity index (χ0v) is 14.3. The number of hydrogen-bond donors (Lipinski definition) is 0. The highest BCUT2D eigenvalue weighted by Crippen LogP contribution is 2.30. The number of aryl methyl sites for hydroxylation is 1. The number of ether oxygens (including phenoxy) is 2. The summed E-state index contributed by atoms with van der Waals surface area (Å²) >= 11 is 0. The van der Waals surface area contributed by atoms with Gasteiger partial charge in [0, 0.05) is 6.20 Å². The van der Waals surface area contributed by atoms with Gasteiger partial charge in [0.05, 0.1) is 13.7 Å². The predicted molar refractivity (Wildman–Crippen MR) is 93.1 cm³/mol. The molecule has 7 nitrogen and oxygen atoms in total. The number of carbonyl (C=O) groups excluding carboxylic acids is 1. The first-order chi connectivity index (χ1) is 12.1. The summed E-state index contributed by atoms with van der Waals surface area (Å²) in [6.45, 7) is 3.95. The third-order valence-corrected chi connectivity index (χ3v) is 3.55. The monoisotopic (exact) mass is 338 g/mol. The Balaban J connectivity index is 2.12. The van der Waals surface area contributed by atoms with Crippen molar-refractivity contribution < 1.29 is 14.3 Å². The van der Waals surface area contributed by atoms with Crippen LogP contribution in [0.2, 0.25) is 0 Å². The molecular formula is C18H18N4O3. The van der Waals surface area contributed by atoms with Crippen LogP contribution >= 0.6 is 0 Å². The third kappa shape index (κ3) is 3.35. The molecule has 1 aromatic carbocycles. The van der Waals surface area contributed by atoms with Gasteiger partial charge in [-0.3, -0.25) is 4.40 Å². The first-order valence-corrected chi connectivity index (χ1v) is 7.84. The van der Waals surface area contributed by atoms with E-state index in [1.165, 1.54) is 0 Å². The van der Waals surface area contributed by atoms with Gasteiger partial charge in [-0.05, 0) is 37.6 Å². The van der Waals surface area contributed by atoms with E-state index in [4.69, 9.17) is 9.47 Å². The number of carbonyl (C=O) groups is 1. The normalized spacial score (nSPS) is 11.2. The topological polar surface area (TPSA) is 77.5 Å². The molecule has 0 saturated carbocycles. The van der Waals surface area contributed by atoms with Gasteiger partial charge in [-0.1, -0.05) is 18.2 Å². The molecule has 128 valence electrons. The van der Waals surface area contributed by atoms with Crippen molar-refractivity contribution in [3.8, 4) is 5.75 Å². The lowest BCUT2D eigenvalue weighted by Crippen LogP contribution is -2.05. The maximum Gasteiger partial charge on any atom is 0.360 e. The Kier molecular flexibility index (Phi) is 4.74. The fourth-order valence-corrected chi connectivity index (χ4v) is 2.38. The molecule has 3 aromatic rings. The zero-order valence-electron chi connectivity index (χ0n) is 14.3. The number of aromatic nitrogens is 2. The summed E-state index contributed by atoms with van der Waals surface area (Å²) < 4.78 is 12.1. The number of fused-ring (bicyclic) bond motifs is 1. The van der Waals surface area contributed by atoms with Gasteiger partial charge in [0.2, 0.25) is 0 Å². The van der Waals surface area contributed by atoms with Crippen LogP contribution in [-0.4, -0.2) is 29.1 Å². The molecule has 7 heteroatoms. The number of benzene rings is 1. The molecule has 0 unspecified atom stereocenters. The zero-order chi connectivity index (χ0) is 17.8. The van der Waals surface area contributed by atoms with Gasteiger partial charge in [-0.25, -0.2) is 9.78 Å². The molecule has 0 amide bonds. The van der Waals surface area contributed by atoms with Crippen molar-refractivity contribution in [1.29, 1.82) is 0 Å². The number of methoxy groups -OCH3 is 1. The molecule has 0 aliphatic carbocycles. The molecule has 0 aliphatic heterocycles. The van der Waals surface area contributed by atoms with Gasteiger partial charge in [-0.15, -0.1) is 10.2 Å². The Hall–Kier alpha value is -3.22. The molecule has 0 radical (unpaired) electrons. The van der Waals surface area contributed by atoms with Gasteiger partial charge < -0.3 is 9.47 Å². The summed E-state index contributed by atoms with van der Waals surface area (Å²) in [5.74, 6) is 0.384. The summed E-state index contributed by atoms with van der Waals surface area (Å²) in [7, 11) is 1.57. The van der Waals surface area contributed by atoms with Crippen molar-refractivity contribution in [3.63, 3.8) is 0 Å². The standard InChI is InChI=1S/C18H18N4O3/c1-4-25-18(23)16-17(22-11-12(2)9-10-15(22)19-16)21-20-13-7-5-6-8-14(13)24-3/h5-11H,4H2,1-3H3. The number of esters is 1. The van der Waals surface area contributed by atoms with Crippen LogP contribution in [0.1, 0.15) is 23.0 Å². The highest BCUT2D eigenvalue weighted by Gasteiger charge is 2.20. The van der Waals surface area contributed by atoms with E-state index in [1.54, 1.807) is 30.6 Å². The molecule has 25 heavy (non-hydrogen) atoms. The quantitative estimate of drug-likeness (QED) is 0.515. The minimum Gasteiger partial charge on any atom is -0.494 e. The summed E-state index contributed by atoms with van der Waals surface area (Å²) in [6, 6.07) is 11.0. The fourth-order valence-electron chi connectivity index (χ4n) is 2.38. The lowest BCUT2D eigenvalue weighted by atomic mass is 10.3. The van der Waals surface area contributed by atoms with Crippen molar-refractivity contribution in [2.24, 2.45) is 10.2 Å². The molecule has 0 fully saturated rings. The molecular weight excluding hydrogens is 320 g/mol. The van der Waals surface area contributed by atoms with E-state index in [2.05, 4.69) is 15.2 Å². The van der Waals surface area contributed by atoms with E-state index in [0.29, 0.717) is 22.9 Å². The van der Waals surface area contributed by atoms with Crippen molar-refractivity contribution >= 4 is 23.1 Å². The minimum atomic E-state index is -0.530. The van der Waals surface area contributed by atoms with Crippen molar-refractivity contribution in [2.45, 2.75) is 13.8 Å². The molecule has 0 spiro atoms. The van der Waals surface area contributed by atoms with Crippen LogP contribution in [0.4, 0.5) is 11.5 Å². The third-order valence-electron chi connectivity index (χ3n) is 3.55. The maximum atomic E-state index is 12.2. The number of azo groups is 1. The van der Waals surface area contributed by atoms with E-state index < -0.39 is 5.97 Å². The number of nitrogens with zero attached hydrogens (tertiary/aromatic N) is 4. The lowest BCUT2D eigenvalue weighted by Gasteiger charge is -2.03. The Morgan fingerprint density at radius 2 is 2.00 bits per heavy atom. The van der Waals surface area contributed by atoms with E-state index >= 15 is 0 Å². The second-order valence-corrected chi connectivity index (χ2v) is 5.31. The average Bonchev–Trinajstić information content (AvgIpc) is 2.98. The van der Waals surface area contributed by atoms with Crippen LogP contribution < -0.4 is 4.74 Å². The van der Waals surface area contributed by atoms with E-state index in [9.17, 15) is 4.79 Å². The summed E-state index contributed by atoms with van der Waals surface area (Å²) in [4.78, 5) is 16.6. The number of hydrogen-bond acceptors (Lipinski definition) is 6. The van der Waals surface area contributed by atoms with E-state index in [-0.39, 0.29) is 12.3 Å². The smallest absolute Gasteiger partial charge is 0.360 e. The van der Waals surface area contributed by atoms with Gasteiger partial charge >= 0.3 is 5.97 Å². The van der Waals surface area contributed by atoms with Gasteiger partial charge in [0.15, 0.2) is 11.5 Å². The van der Waals surface area contributed by atoms with Crippen LogP contribution in [0.3, 0.4) is 0 Å². The van der Waals surface area contributed by atoms with Gasteiger partial charge in [-0.2, -0.15) is 0 Å². The van der Waals surface area contributed by atoms with E-state index in [1.807, 2.05) is 37.4 Å². The maximum absolute atomic E-state index is 12.2. The van der Waals surface area contributed by atoms with E-state index in [0.717, 1.165) is 5.56 Å². The van der Waals surface area contributed by atoms with Crippen LogP contribution in [0.15, 0.2) is 52.8 Å². The minimum absolute atomic E-state index is 0.131. The number of para-hydroxylation sites is 1. The molecule has 2 heterocycles. The molecule has 0 saturated heterocycles. The first kappa shape index (κ1) is 16.6. The van der Waals surface area contributed by atoms with Gasteiger partial charge in [0.25, 0.3) is 0 Å². The van der Waals surface area contributed by atoms with Crippen LogP contribution in [0.5, 0.6) is 5.75 Å². The number of imidazole rings is 1. The molecule has 0 aliphatic rings. The Bertz CT molecular complexity index is 947. The van der Waals surface area contributed by atoms with Crippen molar-refractivity contribution in [1.82, 2.24) is 9.38 Å². The van der Waals surface area contributed by atoms with Crippen molar-refractivity contribution in [3.05, 3.63) is 53.9 Å². The fraction of sp³-hybridized carbons (Fsp3) is 0.222. The largest absolute Gasteiger partial charge is 0.494 e. The average molecular weight is 338 g/mol. The Labute approximate surface area is 144 Å². The Morgan fingerprint density at radius 3 is 2.76 bits per heavy atom. The highest BCUT2D eigenvalue weighted by atomic mass is 16.5. The summed E-state index contributed by atoms with van der Waals surface area (Å²) in [5, 5.41) is 8.50. The SMILES string of the molecule is CCOC(=O)c1nc2ccc(C)cn2c1N=Nc1ccccc1OC. The van der Waals surface area contributed by atoms with Gasteiger partial charge in [0.1, 0.15) is 17.1 Å². The molecule has 0 N–H and O–H groups in total. The molecule has 0 atom stereocenters. The Morgan fingerprint density at radius 1 is 1.20 bits per heavy atom. The molecule has 3 rings (SSSR count). The summed E-state index contributed by atoms with van der Waals surface area (Å²) in [6.07, 6.45) is 1.85. The lowest BCUT2D eigenvalue weighted by molar-refractivity contribution is 0.0521. The second-order valence-electron chi connectivity index (χ2n) is 5.31.